The van der Waals surface area contributed by atoms with Gasteiger partial charge in [-0.1, -0.05) is 36.4 Å². The van der Waals surface area contributed by atoms with Crippen molar-refractivity contribution in [2.45, 2.75) is 13.8 Å². The SMILES string of the molecule is C/C(=N\N=C(/O)c1ccccc1O)c1ccccn1.C/C(=N\N=C(/O)c1ccccc1O)c1ccccn1.[Cd]. The zero-order chi connectivity index (χ0) is 27.3. The summed E-state index contributed by atoms with van der Waals surface area (Å²) >= 11 is 0. The van der Waals surface area contributed by atoms with Crippen molar-refractivity contribution in [1.82, 2.24) is 9.97 Å². The molecule has 0 atom stereocenters. The zero-order valence-corrected chi connectivity index (χ0v) is 25.5. The van der Waals surface area contributed by atoms with Crippen LogP contribution < -0.4 is 0 Å². The van der Waals surface area contributed by atoms with E-state index in [2.05, 4.69) is 30.4 Å². The largest absolute Gasteiger partial charge is 0.507 e. The molecule has 0 unspecified atom stereocenters. The van der Waals surface area contributed by atoms with E-state index in [0.29, 0.717) is 22.8 Å². The van der Waals surface area contributed by atoms with Crippen LogP contribution in [0.5, 0.6) is 11.5 Å². The molecule has 0 aliphatic rings. The number of para-hydroxylation sites is 2. The minimum atomic E-state index is -0.339. The van der Waals surface area contributed by atoms with Crippen molar-refractivity contribution in [3.8, 4) is 11.5 Å². The van der Waals surface area contributed by atoms with Crippen LogP contribution in [0.1, 0.15) is 36.4 Å². The second-order valence-electron chi connectivity index (χ2n) is 7.68. The number of aliphatic hydroxyl groups excluding tert-OH is 2. The molecule has 39 heavy (non-hydrogen) atoms. The Kier molecular flexibility index (Phi) is 12.4. The van der Waals surface area contributed by atoms with Crippen LogP contribution in [0.15, 0.2) is 118 Å². The number of aliphatic hydroxyl groups is 2. The molecule has 0 saturated heterocycles. The van der Waals surface area contributed by atoms with E-state index in [1.54, 1.807) is 86.9 Å². The average molecular weight is 623 g/mol. The molecule has 194 valence electrons. The molecule has 4 aromatic rings. The topological polar surface area (TPSA) is 156 Å². The molecule has 0 aliphatic carbocycles. The first-order valence-corrected chi connectivity index (χ1v) is 11.4. The van der Waals surface area contributed by atoms with E-state index < -0.39 is 0 Å². The normalized spacial score (nSPS) is 12.2. The average Bonchev–Trinajstić information content (AvgIpc) is 2.96. The van der Waals surface area contributed by atoms with Crippen LogP contribution in [0.4, 0.5) is 0 Å². The number of benzene rings is 2. The van der Waals surface area contributed by atoms with Crippen LogP contribution in [0, 0.1) is 0 Å². The van der Waals surface area contributed by atoms with Gasteiger partial charge in [0.1, 0.15) is 11.5 Å². The van der Waals surface area contributed by atoms with E-state index in [4.69, 9.17) is 0 Å². The molecular formula is C28H26CdN6O4. The molecular weight excluding hydrogens is 597 g/mol. The number of rotatable bonds is 6. The summed E-state index contributed by atoms with van der Waals surface area (Å²) in [6.45, 7) is 3.48. The molecule has 0 spiro atoms. The van der Waals surface area contributed by atoms with Crippen molar-refractivity contribution < 1.29 is 47.7 Å². The van der Waals surface area contributed by atoms with Gasteiger partial charge in [0.2, 0.25) is 11.8 Å². The summed E-state index contributed by atoms with van der Waals surface area (Å²) in [6, 6.07) is 23.6. The Morgan fingerprint density at radius 1 is 0.538 bits per heavy atom. The first kappa shape index (κ1) is 30.8. The third kappa shape index (κ3) is 9.41. The van der Waals surface area contributed by atoms with Gasteiger partial charge < -0.3 is 20.4 Å². The third-order valence-corrected chi connectivity index (χ3v) is 4.95. The van der Waals surface area contributed by atoms with Gasteiger partial charge in [0, 0.05) is 39.7 Å². The standard InChI is InChI=1S/2C14H13N3O2.Cd/c2*1-10(12-7-4-5-9-15-12)16-17-14(19)11-6-2-3-8-13(11)18;/h2*2-9,18H,1H3,(H,17,19);/b2*16-10+;. The van der Waals surface area contributed by atoms with Gasteiger partial charge in [0.15, 0.2) is 0 Å². The number of phenolic OH excluding ortho intramolecular Hbond substituents is 2. The van der Waals surface area contributed by atoms with E-state index in [-0.39, 0.29) is 61.7 Å². The maximum Gasteiger partial charge on any atom is 0.242 e. The Morgan fingerprint density at radius 2 is 0.897 bits per heavy atom. The fourth-order valence-electron chi connectivity index (χ4n) is 2.93. The Balaban J connectivity index is 0.000000267. The summed E-state index contributed by atoms with van der Waals surface area (Å²) in [5, 5.41) is 53.8. The van der Waals surface area contributed by atoms with Crippen molar-refractivity contribution in [3.63, 3.8) is 0 Å². The van der Waals surface area contributed by atoms with E-state index >= 15 is 0 Å². The van der Waals surface area contributed by atoms with Gasteiger partial charge in [-0.3, -0.25) is 9.97 Å². The molecule has 2 aromatic heterocycles. The third-order valence-electron chi connectivity index (χ3n) is 4.95. The predicted octanol–water partition coefficient (Wildman–Crippen LogP) is 5.03. The van der Waals surface area contributed by atoms with Crippen LogP contribution in [0.3, 0.4) is 0 Å². The molecule has 0 aliphatic heterocycles. The molecule has 2 aromatic carbocycles. The van der Waals surface area contributed by atoms with Gasteiger partial charge in [-0.2, -0.15) is 0 Å². The molecule has 11 heteroatoms. The zero-order valence-electron chi connectivity index (χ0n) is 21.4. The Morgan fingerprint density at radius 3 is 1.23 bits per heavy atom. The van der Waals surface area contributed by atoms with E-state index in [1.165, 1.54) is 12.1 Å². The fourth-order valence-corrected chi connectivity index (χ4v) is 2.93. The van der Waals surface area contributed by atoms with Crippen LogP contribution in [-0.2, 0) is 27.3 Å². The van der Waals surface area contributed by atoms with Crippen LogP contribution in [-0.4, -0.2) is 53.6 Å². The number of phenols is 2. The molecule has 0 fully saturated rings. The van der Waals surface area contributed by atoms with Gasteiger partial charge in [0.05, 0.1) is 33.9 Å². The van der Waals surface area contributed by atoms with E-state index in [1.807, 2.05) is 12.1 Å². The van der Waals surface area contributed by atoms with Crippen LogP contribution in [0.2, 0.25) is 0 Å². The van der Waals surface area contributed by atoms with Crippen molar-refractivity contribution in [1.29, 1.82) is 0 Å². The summed E-state index contributed by atoms with van der Waals surface area (Å²) in [7, 11) is 0. The van der Waals surface area contributed by atoms with Crippen LogP contribution >= 0.6 is 0 Å². The monoisotopic (exact) mass is 624 g/mol. The Hall–Kier alpha value is -4.46. The summed E-state index contributed by atoms with van der Waals surface area (Å²) in [5.41, 5.74) is 2.97. The number of hydrogen-bond donors (Lipinski definition) is 4. The summed E-state index contributed by atoms with van der Waals surface area (Å²) in [5.74, 6) is -0.773. The number of nitrogens with zero attached hydrogens (tertiary/aromatic N) is 6. The molecule has 0 amide bonds. The molecule has 2 heterocycles. The van der Waals surface area contributed by atoms with Crippen molar-refractivity contribution in [2.75, 3.05) is 0 Å². The second-order valence-corrected chi connectivity index (χ2v) is 7.68. The van der Waals surface area contributed by atoms with Crippen molar-refractivity contribution in [3.05, 3.63) is 120 Å². The van der Waals surface area contributed by atoms with Gasteiger partial charge >= 0.3 is 0 Å². The number of aromatic hydroxyl groups is 2. The first-order valence-electron chi connectivity index (χ1n) is 11.4. The molecule has 10 nitrogen and oxygen atoms in total. The summed E-state index contributed by atoms with van der Waals surface area (Å²) in [4.78, 5) is 8.23. The van der Waals surface area contributed by atoms with E-state index in [9.17, 15) is 20.4 Å². The number of pyridine rings is 2. The van der Waals surface area contributed by atoms with Crippen molar-refractivity contribution >= 4 is 23.2 Å². The van der Waals surface area contributed by atoms with E-state index in [0.717, 1.165) is 0 Å². The predicted molar refractivity (Wildman–Crippen MR) is 147 cm³/mol. The maximum atomic E-state index is 9.76. The minimum Gasteiger partial charge on any atom is -0.507 e. The minimum absolute atomic E-state index is 0. The maximum absolute atomic E-state index is 9.76. The first-order chi connectivity index (χ1) is 18.4. The second kappa shape index (κ2) is 15.7. The van der Waals surface area contributed by atoms with Gasteiger partial charge in [-0.15, -0.1) is 20.4 Å². The molecule has 4 rings (SSSR count). The van der Waals surface area contributed by atoms with Gasteiger partial charge in [0.25, 0.3) is 0 Å². The van der Waals surface area contributed by atoms with Gasteiger partial charge in [-0.05, 0) is 62.4 Å². The molecule has 0 bridgehead atoms. The fraction of sp³-hybridized carbons (Fsp3) is 0.0714. The quantitative estimate of drug-likeness (QED) is 0.102. The van der Waals surface area contributed by atoms with Crippen LogP contribution in [0.25, 0.3) is 0 Å². The molecule has 4 N–H and O–H groups in total. The van der Waals surface area contributed by atoms with Crippen molar-refractivity contribution in [2.24, 2.45) is 20.4 Å². The van der Waals surface area contributed by atoms with Gasteiger partial charge in [-0.25, -0.2) is 0 Å². The number of hydrogen-bond acceptors (Lipinski definition) is 8. The summed E-state index contributed by atoms with van der Waals surface area (Å²) in [6.07, 6.45) is 3.31. The number of aromatic nitrogens is 2. The smallest absolute Gasteiger partial charge is 0.242 e. The Bertz CT molecular complexity index is 1360. The molecule has 0 radical (unpaired) electrons. The molecule has 0 saturated carbocycles. The summed E-state index contributed by atoms with van der Waals surface area (Å²) < 4.78 is 0. The Labute approximate surface area is 245 Å².